The van der Waals surface area contributed by atoms with Gasteiger partial charge in [-0.2, -0.15) is 0 Å². The molecule has 2 N–H and O–H groups in total. The lowest BCUT2D eigenvalue weighted by Crippen LogP contribution is -2.25. The van der Waals surface area contributed by atoms with Gasteiger partial charge >= 0.3 is 0 Å². The van der Waals surface area contributed by atoms with Crippen molar-refractivity contribution in [1.29, 1.82) is 0 Å². The molecular formula is C19H18Cl3FN2O. The zero-order chi connectivity index (χ0) is 17.6. The molecular weight excluding hydrogens is 398 g/mol. The molecule has 4 rings (SSSR count). The monoisotopic (exact) mass is 414 g/mol. The first-order chi connectivity index (χ1) is 12.0. The number of hydrogen-bond acceptors (Lipinski definition) is 2. The lowest BCUT2D eigenvalue weighted by molar-refractivity contribution is -0.117. The Morgan fingerprint density at radius 1 is 1.23 bits per heavy atom. The van der Waals surface area contributed by atoms with Crippen LogP contribution in [0.4, 0.5) is 10.1 Å². The Bertz CT molecular complexity index is 859. The van der Waals surface area contributed by atoms with Gasteiger partial charge in [-0.3, -0.25) is 4.79 Å². The van der Waals surface area contributed by atoms with Gasteiger partial charge in [0.1, 0.15) is 5.82 Å². The van der Waals surface area contributed by atoms with Crippen LogP contribution in [0, 0.1) is 11.7 Å². The average molecular weight is 416 g/mol. The Morgan fingerprint density at radius 2 is 2.04 bits per heavy atom. The summed E-state index contributed by atoms with van der Waals surface area (Å²) in [6.07, 6.45) is 1.35. The number of carbonyl (C=O) groups excluding carboxylic acids is 1. The second kappa shape index (κ2) is 7.73. The molecule has 0 saturated heterocycles. The molecule has 0 radical (unpaired) electrons. The van der Waals surface area contributed by atoms with Gasteiger partial charge < -0.3 is 10.6 Å². The lowest BCUT2D eigenvalue weighted by Gasteiger charge is -2.19. The number of rotatable bonds is 3. The highest BCUT2D eigenvalue weighted by Gasteiger charge is 2.45. The second-order valence-corrected chi connectivity index (χ2v) is 7.44. The van der Waals surface area contributed by atoms with Gasteiger partial charge in [-0.15, -0.1) is 12.4 Å². The third kappa shape index (κ3) is 3.70. The second-order valence-electron chi connectivity index (χ2n) is 6.60. The summed E-state index contributed by atoms with van der Waals surface area (Å²) in [5.74, 6) is -0.594. The van der Waals surface area contributed by atoms with Crippen LogP contribution in [0.2, 0.25) is 10.0 Å². The van der Waals surface area contributed by atoms with Crippen LogP contribution in [0.25, 0.3) is 0 Å². The highest BCUT2D eigenvalue weighted by atomic mass is 35.5. The Hall–Kier alpha value is -1.33. The maximum atomic E-state index is 14.6. The third-order valence-corrected chi connectivity index (χ3v) is 5.52. The van der Waals surface area contributed by atoms with Crippen LogP contribution in [0.1, 0.15) is 29.0 Å². The van der Waals surface area contributed by atoms with Crippen LogP contribution in [-0.4, -0.2) is 12.5 Å². The molecule has 2 aromatic carbocycles. The van der Waals surface area contributed by atoms with E-state index in [4.69, 9.17) is 23.2 Å². The minimum Gasteiger partial charge on any atom is -0.323 e. The summed E-state index contributed by atoms with van der Waals surface area (Å²) in [5, 5.41) is 7.10. The molecule has 0 bridgehead atoms. The highest BCUT2D eigenvalue weighted by Crippen LogP contribution is 2.50. The molecule has 3 nitrogen and oxygen atoms in total. The molecule has 1 aliphatic heterocycles. The predicted octanol–water partition coefficient (Wildman–Crippen LogP) is 4.94. The molecule has 1 saturated carbocycles. The molecule has 0 aromatic heterocycles. The van der Waals surface area contributed by atoms with Gasteiger partial charge in [-0.25, -0.2) is 4.39 Å². The fourth-order valence-electron chi connectivity index (χ4n) is 3.49. The van der Waals surface area contributed by atoms with E-state index in [1.807, 2.05) is 12.1 Å². The number of anilines is 1. The molecule has 1 heterocycles. The molecule has 2 aromatic rings. The SMILES string of the molecule is Cl.O=C(Nc1ccc2c(c1F)CCNC2)C1CC1c1ccc(Cl)cc1Cl. The van der Waals surface area contributed by atoms with Crippen molar-refractivity contribution >= 4 is 47.2 Å². The van der Waals surface area contributed by atoms with Gasteiger partial charge in [0.05, 0.1) is 5.69 Å². The van der Waals surface area contributed by atoms with Crippen molar-refractivity contribution in [3.05, 3.63) is 62.9 Å². The summed E-state index contributed by atoms with van der Waals surface area (Å²) < 4.78 is 14.6. The number of carbonyl (C=O) groups is 1. The maximum Gasteiger partial charge on any atom is 0.228 e. The van der Waals surface area contributed by atoms with E-state index in [2.05, 4.69) is 10.6 Å². The predicted molar refractivity (Wildman–Crippen MR) is 105 cm³/mol. The molecule has 1 amide bonds. The first kappa shape index (κ1) is 19.4. The Labute approximate surface area is 167 Å². The van der Waals surface area contributed by atoms with E-state index < -0.39 is 0 Å². The van der Waals surface area contributed by atoms with Crippen LogP contribution in [0.3, 0.4) is 0 Å². The number of benzene rings is 2. The van der Waals surface area contributed by atoms with Crippen LogP contribution < -0.4 is 10.6 Å². The van der Waals surface area contributed by atoms with Crippen molar-refractivity contribution < 1.29 is 9.18 Å². The number of hydrogen-bond donors (Lipinski definition) is 2. The summed E-state index contributed by atoms with van der Waals surface area (Å²) in [5.41, 5.74) is 2.84. The normalized spacial score (nSPS) is 20.7. The van der Waals surface area contributed by atoms with E-state index in [1.54, 1.807) is 18.2 Å². The number of amides is 1. The lowest BCUT2D eigenvalue weighted by atomic mass is 9.99. The van der Waals surface area contributed by atoms with Gasteiger partial charge in [0, 0.05) is 22.5 Å². The number of nitrogens with one attached hydrogen (secondary N) is 2. The van der Waals surface area contributed by atoms with Gasteiger partial charge in [0.25, 0.3) is 0 Å². The van der Waals surface area contributed by atoms with Crippen molar-refractivity contribution in [3.63, 3.8) is 0 Å². The molecule has 2 atom stereocenters. The first-order valence-electron chi connectivity index (χ1n) is 8.31. The van der Waals surface area contributed by atoms with E-state index in [1.165, 1.54) is 0 Å². The molecule has 26 heavy (non-hydrogen) atoms. The van der Waals surface area contributed by atoms with Crippen molar-refractivity contribution in [3.8, 4) is 0 Å². The van der Waals surface area contributed by atoms with E-state index in [9.17, 15) is 9.18 Å². The Balaban J connectivity index is 0.00000196. The summed E-state index contributed by atoms with van der Waals surface area (Å²) in [4.78, 5) is 12.5. The van der Waals surface area contributed by atoms with Gasteiger partial charge in [-0.1, -0.05) is 35.3 Å². The molecule has 7 heteroatoms. The highest BCUT2D eigenvalue weighted by molar-refractivity contribution is 6.35. The molecule has 1 aliphatic carbocycles. The fraction of sp³-hybridized carbons (Fsp3) is 0.316. The van der Waals surface area contributed by atoms with Crippen molar-refractivity contribution in [1.82, 2.24) is 5.32 Å². The summed E-state index contributed by atoms with van der Waals surface area (Å²) in [6.45, 7) is 1.42. The molecule has 2 aliphatic rings. The third-order valence-electron chi connectivity index (χ3n) is 4.95. The average Bonchev–Trinajstić information content (AvgIpc) is 3.38. The summed E-state index contributed by atoms with van der Waals surface area (Å²) >= 11 is 12.1. The minimum atomic E-state index is -0.311. The Kier molecular flexibility index (Phi) is 5.78. The van der Waals surface area contributed by atoms with E-state index >= 15 is 0 Å². The van der Waals surface area contributed by atoms with Gasteiger partial charge in [-0.05, 0) is 60.2 Å². The van der Waals surface area contributed by atoms with Crippen LogP contribution >= 0.6 is 35.6 Å². The van der Waals surface area contributed by atoms with Crippen LogP contribution in [0.5, 0.6) is 0 Å². The van der Waals surface area contributed by atoms with E-state index in [0.717, 1.165) is 17.7 Å². The largest absolute Gasteiger partial charge is 0.323 e. The van der Waals surface area contributed by atoms with Crippen molar-refractivity contribution in [2.75, 3.05) is 11.9 Å². The molecule has 0 spiro atoms. The summed E-state index contributed by atoms with van der Waals surface area (Å²) in [6, 6.07) is 8.83. The Morgan fingerprint density at radius 3 is 2.81 bits per heavy atom. The van der Waals surface area contributed by atoms with Crippen LogP contribution in [-0.2, 0) is 17.8 Å². The van der Waals surface area contributed by atoms with Crippen LogP contribution in [0.15, 0.2) is 30.3 Å². The van der Waals surface area contributed by atoms with Gasteiger partial charge in [0.2, 0.25) is 5.91 Å². The topological polar surface area (TPSA) is 41.1 Å². The zero-order valence-electron chi connectivity index (χ0n) is 13.8. The zero-order valence-corrected chi connectivity index (χ0v) is 16.1. The quantitative estimate of drug-likeness (QED) is 0.745. The molecule has 1 fully saturated rings. The fourth-order valence-corrected chi connectivity index (χ4v) is 4.03. The number of fused-ring (bicyclic) bond motifs is 1. The summed E-state index contributed by atoms with van der Waals surface area (Å²) in [7, 11) is 0. The van der Waals surface area contributed by atoms with Gasteiger partial charge in [0.15, 0.2) is 0 Å². The van der Waals surface area contributed by atoms with Crippen molar-refractivity contribution in [2.24, 2.45) is 5.92 Å². The van der Waals surface area contributed by atoms with E-state index in [0.29, 0.717) is 35.0 Å². The molecule has 138 valence electrons. The van der Waals surface area contributed by atoms with Crippen molar-refractivity contribution in [2.45, 2.75) is 25.3 Å². The standard InChI is InChI=1S/C19H17Cl2FN2O.ClH/c20-11-2-3-13(16(21)7-11)14-8-15(14)19(25)24-17-4-1-10-9-23-6-5-12(10)18(17)22;/h1-4,7,14-15,23H,5-6,8-9H2,(H,24,25);1H. The maximum absolute atomic E-state index is 14.6. The number of halogens is 4. The van der Waals surface area contributed by atoms with E-state index in [-0.39, 0.29) is 41.7 Å². The minimum absolute atomic E-state index is 0. The molecule has 2 unspecified atom stereocenters. The smallest absolute Gasteiger partial charge is 0.228 e. The first-order valence-corrected chi connectivity index (χ1v) is 9.07.